The largest absolute Gasteiger partial charge is 0.356 e. The van der Waals surface area contributed by atoms with Crippen molar-refractivity contribution in [3.63, 3.8) is 0 Å². The molecule has 0 amide bonds. The summed E-state index contributed by atoms with van der Waals surface area (Å²) < 4.78 is 27.5. The lowest BCUT2D eigenvalue weighted by Crippen LogP contribution is -2.33. The van der Waals surface area contributed by atoms with Gasteiger partial charge in [-0.1, -0.05) is 20.8 Å². The van der Waals surface area contributed by atoms with Crippen molar-refractivity contribution < 1.29 is 8.78 Å². The van der Waals surface area contributed by atoms with Gasteiger partial charge in [0.2, 0.25) is 0 Å². The minimum absolute atomic E-state index is 0.147. The normalized spacial score (nSPS) is 21.1. The van der Waals surface area contributed by atoms with E-state index in [4.69, 9.17) is 0 Å². The first-order valence-electron chi connectivity index (χ1n) is 7.14. The number of fused-ring (bicyclic) bond motifs is 3. The van der Waals surface area contributed by atoms with Crippen LogP contribution in [0, 0.1) is 17.0 Å². The third-order valence-electron chi connectivity index (χ3n) is 4.16. The zero-order valence-corrected chi connectivity index (χ0v) is 12.1. The van der Waals surface area contributed by atoms with Crippen LogP contribution in [0.3, 0.4) is 0 Å². The molecule has 1 aromatic heterocycles. The fourth-order valence-corrected chi connectivity index (χ4v) is 3.46. The van der Waals surface area contributed by atoms with Crippen molar-refractivity contribution in [2.75, 3.05) is 6.54 Å². The van der Waals surface area contributed by atoms with Crippen molar-refractivity contribution in [2.45, 2.75) is 39.7 Å². The highest BCUT2D eigenvalue weighted by molar-refractivity contribution is 5.86. The van der Waals surface area contributed by atoms with Gasteiger partial charge in [0.1, 0.15) is 11.6 Å². The van der Waals surface area contributed by atoms with Crippen LogP contribution in [0.1, 0.15) is 44.5 Å². The Bertz CT molecular complexity index is 658. The quantitative estimate of drug-likeness (QED) is 0.851. The smallest absolute Gasteiger partial charge is 0.150 e. The fraction of sp³-hybridized carbons (Fsp3) is 0.500. The SMILES string of the molecule is CCNC1CC(C)(C)Cc2[nH]c3c(F)cc(F)cc3c21. The molecule has 0 aliphatic heterocycles. The molecule has 2 N–H and O–H groups in total. The highest BCUT2D eigenvalue weighted by Gasteiger charge is 2.34. The first kappa shape index (κ1) is 13.6. The Morgan fingerprint density at radius 2 is 2.10 bits per heavy atom. The van der Waals surface area contributed by atoms with Crippen LogP contribution in [0.2, 0.25) is 0 Å². The summed E-state index contributed by atoms with van der Waals surface area (Å²) in [5.74, 6) is -1.03. The molecular formula is C16H20F2N2. The summed E-state index contributed by atoms with van der Waals surface area (Å²) in [5, 5.41) is 4.13. The Kier molecular flexibility index (Phi) is 3.09. The lowest BCUT2D eigenvalue weighted by atomic mass is 9.74. The second-order valence-corrected chi connectivity index (χ2v) is 6.48. The Hall–Kier alpha value is -1.42. The van der Waals surface area contributed by atoms with Gasteiger partial charge in [0, 0.05) is 23.2 Å². The van der Waals surface area contributed by atoms with Crippen molar-refractivity contribution >= 4 is 10.9 Å². The zero-order valence-electron chi connectivity index (χ0n) is 12.1. The summed E-state index contributed by atoms with van der Waals surface area (Å²) in [7, 11) is 0. The highest BCUT2D eigenvalue weighted by Crippen LogP contribution is 2.44. The molecule has 4 heteroatoms. The second kappa shape index (κ2) is 4.55. The fourth-order valence-electron chi connectivity index (χ4n) is 3.46. The molecule has 1 aliphatic carbocycles. The maximum Gasteiger partial charge on any atom is 0.150 e. The topological polar surface area (TPSA) is 27.8 Å². The van der Waals surface area contributed by atoms with Crippen molar-refractivity contribution in [2.24, 2.45) is 5.41 Å². The van der Waals surface area contributed by atoms with E-state index >= 15 is 0 Å². The average molecular weight is 278 g/mol. The van der Waals surface area contributed by atoms with E-state index in [0.717, 1.165) is 36.7 Å². The number of H-pyrrole nitrogens is 1. The van der Waals surface area contributed by atoms with Crippen LogP contribution in [0.25, 0.3) is 10.9 Å². The van der Waals surface area contributed by atoms with Gasteiger partial charge < -0.3 is 10.3 Å². The standard InChI is InChI=1S/C16H20F2N2/c1-4-19-12-7-16(2,3)8-13-14(12)10-5-9(17)6-11(18)15(10)20-13/h5-6,12,19-20H,4,7-8H2,1-3H3. The molecular weight excluding hydrogens is 258 g/mol. The van der Waals surface area contributed by atoms with Gasteiger partial charge in [0.15, 0.2) is 0 Å². The Balaban J connectivity index is 2.24. The summed E-state index contributed by atoms with van der Waals surface area (Å²) in [6, 6.07) is 2.53. The lowest BCUT2D eigenvalue weighted by molar-refractivity contribution is 0.259. The molecule has 1 aromatic carbocycles. The first-order chi connectivity index (χ1) is 9.41. The number of halogens is 2. The molecule has 0 saturated heterocycles. The molecule has 0 radical (unpaired) electrons. The molecule has 0 bridgehead atoms. The first-order valence-corrected chi connectivity index (χ1v) is 7.14. The second-order valence-electron chi connectivity index (χ2n) is 6.48. The molecule has 1 unspecified atom stereocenters. The summed E-state index contributed by atoms with van der Waals surface area (Å²) in [6.07, 6.45) is 1.83. The third-order valence-corrected chi connectivity index (χ3v) is 4.16. The van der Waals surface area contributed by atoms with Crippen molar-refractivity contribution in [1.82, 2.24) is 10.3 Å². The molecule has 20 heavy (non-hydrogen) atoms. The minimum Gasteiger partial charge on any atom is -0.356 e. The molecule has 1 heterocycles. The highest BCUT2D eigenvalue weighted by atomic mass is 19.1. The van der Waals surface area contributed by atoms with Crippen molar-refractivity contribution in [3.05, 3.63) is 35.0 Å². The van der Waals surface area contributed by atoms with Crippen LogP contribution >= 0.6 is 0 Å². The van der Waals surface area contributed by atoms with Gasteiger partial charge in [0.05, 0.1) is 5.52 Å². The van der Waals surface area contributed by atoms with Gasteiger partial charge in [-0.15, -0.1) is 0 Å². The van der Waals surface area contributed by atoms with E-state index in [1.165, 1.54) is 6.07 Å². The molecule has 0 fully saturated rings. The van der Waals surface area contributed by atoms with Crippen LogP contribution in [0.15, 0.2) is 12.1 Å². The van der Waals surface area contributed by atoms with Crippen LogP contribution < -0.4 is 5.32 Å². The summed E-state index contributed by atoms with van der Waals surface area (Å²) >= 11 is 0. The molecule has 0 spiro atoms. The molecule has 1 aliphatic rings. The van der Waals surface area contributed by atoms with E-state index in [-0.39, 0.29) is 11.5 Å². The van der Waals surface area contributed by atoms with Crippen molar-refractivity contribution in [1.29, 1.82) is 0 Å². The number of hydrogen-bond acceptors (Lipinski definition) is 1. The number of hydrogen-bond donors (Lipinski definition) is 2. The lowest BCUT2D eigenvalue weighted by Gasteiger charge is -2.35. The van der Waals surface area contributed by atoms with Gasteiger partial charge in [-0.25, -0.2) is 8.78 Å². The monoisotopic (exact) mass is 278 g/mol. The number of aromatic nitrogens is 1. The van der Waals surface area contributed by atoms with Gasteiger partial charge in [-0.2, -0.15) is 0 Å². The summed E-state index contributed by atoms with van der Waals surface area (Å²) in [4.78, 5) is 3.17. The van der Waals surface area contributed by atoms with Gasteiger partial charge >= 0.3 is 0 Å². The van der Waals surface area contributed by atoms with Crippen LogP contribution in [-0.2, 0) is 6.42 Å². The number of aromatic amines is 1. The van der Waals surface area contributed by atoms with E-state index < -0.39 is 11.6 Å². The Morgan fingerprint density at radius 3 is 2.80 bits per heavy atom. The van der Waals surface area contributed by atoms with Crippen molar-refractivity contribution in [3.8, 4) is 0 Å². The number of nitrogens with one attached hydrogen (secondary N) is 2. The van der Waals surface area contributed by atoms with Crippen LogP contribution in [0.4, 0.5) is 8.78 Å². The van der Waals surface area contributed by atoms with Gasteiger partial charge in [-0.3, -0.25) is 0 Å². The van der Waals surface area contributed by atoms with Gasteiger partial charge in [-0.05, 0) is 36.4 Å². The Labute approximate surface area is 117 Å². The van der Waals surface area contributed by atoms with Crippen LogP contribution in [-0.4, -0.2) is 11.5 Å². The van der Waals surface area contributed by atoms with E-state index in [1.807, 2.05) is 0 Å². The summed E-state index contributed by atoms with van der Waals surface area (Å²) in [6.45, 7) is 7.31. The average Bonchev–Trinajstić information content (AvgIpc) is 2.66. The predicted octanol–water partition coefficient (Wildman–Crippen LogP) is 4.07. The number of rotatable bonds is 2. The van der Waals surface area contributed by atoms with Crippen LogP contribution in [0.5, 0.6) is 0 Å². The maximum absolute atomic E-state index is 13.9. The van der Waals surface area contributed by atoms with E-state index in [2.05, 4.69) is 31.1 Å². The molecule has 2 aromatic rings. The van der Waals surface area contributed by atoms with E-state index in [9.17, 15) is 8.78 Å². The van der Waals surface area contributed by atoms with E-state index in [0.29, 0.717) is 10.9 Å². The summed E-state index contributed by atoms with van der Waals surface area (Å²) in [5.41, 5.74) is 2.65. The van der Waals surface area contributed by atoms with Gasteiger partial charge in [0.25, 0.3) is 0 Å². The predicted molar refractivity (Wildman–Crippen MR) is 76.7 cm³/mol. The molecule has 1 atom stereocenters. The third kappa shape index (κ3) is 2.12. The molecule has 0 saturated carbocycles. The molecule has 108 valence electrons. The maximum atomic E-state index is 13.9. The van der Waals surface area contributed by atoms with E-state index in [1.54, 1.807) is 0 Å². The Morgan fingerprint density at radius 1 is 1.35 bits per heavy atom. The zero-order chi connectivity index (χ0) is 14.5. The minimum atomic E-state index is -0.517. The molecule has 3 rings (SSSR count). The number of benzene rings is 1. The molecule has 2 nitrogen and oxygen atoms in total.